The third-order valence-electron chi connectivity index (χ3n) is 12.3. The molecule has 4 fully saturated rings. The monoisotopic (exact) mass is 686 g/mol. The first-order valence-corrected chi connectivity index (χ1v) is 19.9. The van der Waals surface area contributed by atoms with E-state index in [-0.39, 0.29) is 17.9 Å². The second kappa shape index (κ2) is 11.9. The molecule has 4 atom stereocenters. The zero-order chi connectivity index (χ0) is 34.4. The van der Waals surface area contributed by atoms with Crippen LogP contribution >= 0.6 is 0 Å². The maximum absolute atomic E-state index is 15.0. The highest BCUT2D eigenvalue weighted by atomic mass is 32.2. The molecule has 4 heterocycles. The van der Waals surface area contributed by atoms with Crippen molar-refractivity contribution in [3.8, 4) is 17.0 Å². The number of methoxy groups -OCH3 is 1. The van der Waals surface area contributed by atoms with Gasteiger partial charge in [0.25, 0.3) is 5.91 Å². The number of sulfonamides is 1. The number of likely N-dealkylation sites (tertiary alicyclic amines) is 2. The Morgan fingerprint density at radius 1 is 1.00 bits per heavy atom. The minimum atomic E-state index is -3.80. The fourth-order valence-corrected chi connectivity index (χ4v) is 10.3. The molecule has 1 N–H and O–H groups in total. The van der Waals surface area contributed by atoms with Gasteiger partial charge in [-0.25, -0.2) is 13.1 Å². The molecule has 2 amide bonds. The van der Waals surface area contributed by atoms with Gasteiger partial charge in [0.15, 0.2) is 0 Å². The maximum Gasteiger partial charge on any atom is 0.264 e. The Bertz CT molecular complexity index is 1940. The van der Waals surface area contributed by atoms with Crippen molar-refractivity contribution in [3.63, 3.8) is 0 Å². The highest BCUT2D eigenvalue weighted by molar-refractivity contribution is 7.90. The first-order valence-electron chi connectivity index (χ1n) is 18.4. The molecule has 262 valence electrons. The van der Waals surface area contributed by atoms with Crippen LogP contribution in [0.2, 0.25) is 0 Å². The van der Waals surface area contributed by atoms with Crippen molar-refractivity contribution < 1.29 is 22.7 Å². The lowest BCUT2D eigenvalue weighted by Crippen LogP contribution is -2.52. The van der Waals surface area contributed by atoms with E-state index in [4.69, 9.17) is 4.74 Å². The molecule has 0 unspecified atom stereocenters. The minimum absolute atomic E-state index is 0.0767. The molecule has 2 aliphatic carbocycles. The summed E-state index contributed by atoms with van der Waals surface area (Å²) in [5.41, 5.74) is 5.40. The van der Waals surface area contributed by atoms with Gasteiger partial charge >= 0.3 is 0 Å². The summed E-state index contributed by atoms with van der Waals surface area (Å²) < 4.78 is 35.7. The summed E-state index contributed by atoms with van der Waals surface area (Å²) in [7, 11) is -2.10. The average molecular weight is 687 g/mol. The largest absolute Gasteiger partial charge is 0.497 e. The lowest BCUT2D eigenvalue weighted by Gasteiger charge is -2.37. The molecule has 2 bridgehead atoms. The van der Waals surface area contributed by atoms with Gasteiger partial charge in [-0.2, -0.15) is 0 Å². The third-order valence-corrected chi connectivity index (χ3v) is 14.0. The average Bonchev–Trinajstić information content (AvgIpc) is 3.31. The van der Waals surface area contributed by atoms with Crippen molar-refractivity contribution in [3.05, 3.63) is 53.1 Å². The summed E-state index contributed by atoms with van der Waals surface area (Å²) in [6.45, 7) is 11.0. The smallest absolute Gasteiger partial charge is 0.264 e. The lowest BCUT2D eigenvalue weighted by molar-refractivity contribution is -0.140. The Labute approximate surface area is 290 Å². The summed E-state index contributed by atoms with van der Waals surface area (Å²) in [6, 6.07) is 12.7. The van der Waals surface area contributed by atoms with E-state index in [0.717, 1.165) is 73.2 Å². The molecule has 2 saturated heterocycles. The van der Waals surface area contributed by atoms with Gasteiger partial charge in [0.05, 0.1) is 23.5 Å². The zero-order valence-corrected chi connectivity index (χ0v) is 30.3. The van der Waals surface area contributed by atoms with Crippen molar-refractivity contribution >= 4 is 32.7 Å². The normalized spacial score (nSPS) is 26.5. The molecule has 5 aliphatic rings. The molecule has 10 heteroatoms. The van der Waals surface area contributed by atoms with Crippen molar-refractivity contribution in [2.75, 3.05) is 26.7 Å². The number of benzene rings is 2. The van der Waals surface area contributed by atoms with E-state index in [9.17, 15) is 18.0 Å². The molecule has 3 aliphatic heterocycles. The summed E-state index contributed by atoms with van der Waals surface area (Å²) >= 11 is 0. The van der Waals surface area contributed by atoms with Gasteiger partial charge in [-0.05, 0) is 92.8 Å². The van der Waals surface area contributed by atoms with E-state index in [1.807, 2.05) is 18.2 Å². The number of carbonyl (C=O) groups is 2. The van der Waals surface area contributed by atoms with Gasteiger partial charge in [0, 0.05) is 66.2 Å². The number of hydrogen-bond donors (Lipinski definition) is 1. The van der Waals surface area contributed by atoms with Crippen LogP contribution in [0, 0.1) is 11.3 Å². The van der Waals surface area contributed by atoms with Crippen LogP contribution in [0.3, 0.4) is 0 Å². The predicted octanol–water partition coefficient (Wildman–Crippen LogP) is 6.26. The van der Waals surface area contributed by atoms with Crippen LogP contribution in [0.5, 0.6) is 5.75 Å². The topological polar surface area (TPSA) is 101 Å². The van der Waals surface area contributed by atoms with Gasteiger partial charge in [-0.1, -0.05) is 39.2 Å². The summed E-state index contributed by atoms with van der Waals surface area (Å²) in [5, 5.41) is 0.366. The van der Waals surface area contributed by atoms with E-state index in [0.29, 0.717) is 30.0 Å². The second-order valence-corrected chi connectivity index (χ2v) is 18.4. The van der Waals surface area contributed by atoms with Crippen LogP contribution in [0.15, 0.2) is 36.4 Å². The van der Waals surface area contributed by atoms with Crippen LogP contribution in [0.25, 0.3) is 22.2 Å². The van der Waals surface area contributed by atoms with Crippen molar-refractivity contribution in [1.29, 1.82) is 0 Å². The Morgan fingerprint density at radius 2 is 1.78 bits per heavy atom. The van der Waals surface area contributed by atoms with Crippen molar-refractivity contribution in [2.24, 2.45) is 11.3 Å². The number of nitrogens with one attached hydrogen (secondary N) is 1. The summed E-state index contributed by atoms with van der Waals surface area (Å²) in [5.74, 6) is 1.47. The number of ether oxygens (including phenoxy) is 1. The standard InChI is InChI=1S/C39H50N4O5S/c1-23(2)19-41-20-28-16-27(41)21-42(28)38(45)39-18-33(39)32-17-29(48-5)12-14-30(32)36-35(25-9-7-6-8-10-25)31-13-11-26(15-34(31)43(36)22-39)37(44)40-49(46,47)24(3)4/h11-15,17,23-25,27-28,33H,6-10,16,18-22H2,1-5H3,(H,40,44)/t27-,28-,33+,39+/m0/s1. The molecule has 9 nitrogen and oxygen atoms in total. The first-order chi connectivity index (χ1) is 23.4. The number of piperazine rings is 1. The molecule has 49 heavy (non-hydrogen) atoms. The number of aromatic nitrogens is 1. The van der Waals surface area contributed by atoms with Crippen molar-refractivity contribution in [1.82, 2.24) is 19.1 Å². The molecule has 0 radical (unpaired) electrons. The zero-order valence-electron chi connectivity index (χ0n) is 29.5. The van der Waals surface area contributed by atoms with Crippen LogP contribution in [0.1, 0.15) is 106 Å². The lowest BCUT2D eigenvalue weighted by atomic mass is 9.81. The molecular weight excluding hydrogens is 637 g/mol. The molecular formula is C39H50N4O5S. The Kier molecular flexibility index (Phi) is 7.94. The van der Waals surface area contributed by atoms with Crippen molar-refractivity contribution in [2.45, 2.75) is 108 Å². The number of fused-ring (bicyclic) bond motifs is 9. The number of amides is 2. The molecule has 8 rings (SSSR count). The van der Waals surface area contributed by atoms with Crippen LogP contribution < -0.4 is 9.46 Å². The van der Waals surface area contributed by atoms with Gasteiger partial charge < -0.3 is 14.2 Å². The molecule has 0 spiro atoms. The van der Waals surface area contributed by atoms with E-state index in [1.54, 1.807) is 27.0 Å². The molecule has 1 aromatic heterocycles. The fourth-order valence-electron chi connectivity index (χ4n) is 9.70. The molecule has 2 saturated carbocycles. The number of carbonyl (C=O) groups excluding carboxylic acids is 2. The maximum atomic E-state index is 15.0. The van der Waals surface area contributed by atoms with E-state index in [1.165, 1.54) is 30.4 Å². The van der Waals surface area contributed by atoms with E-state index >= 15 is 0 Å². The SMILES string of the molecule is COc1ccc2c(c1)[C@H]1C[C@@]1(C(=O)N1C[C@@H]3C[C@H]1CN3CC(C)C)Cn1c-2c(C2CCCCC2)c2ccc(C(=O)NS(=O)(=O)C(C)C)cc21. The third kappa shape index (κ3) is 5.31. The summed E-state index contributed by atoms with van der Waals surface area (Å²) in [6.07, 6.45) is 7.62. The van der Waals surface area contributed by atoms with Gasteiger partial charge in [0.2, 0.25) is 15.9 Å². The van der Waals surface area contributed by atoms with E-state index in [2.05, 4.69) is 45.1 Å². The van der Waals surface area contributed by atoms with Gasteiger partial charge in [0.1, 0.15) is 5.75 Å². The number of hydrogen-bond acceptors (Lipinski definition) is 6. The summed E-state index contributed by atoms with van der Waals surface area (Å²) in [4.78, 5) is 33.2. The Morgan fingerprint density at radius 3 is 2.45 bits per heavy atom. The number of nitrogens with zero attached hydrogens (tertiary/aromatic N) is 3. The highest BCUT2D eigenvalue weighted by Gasteiger charge is 2.65. The molecule has 2 aromatic carbocycles. The van der Waals surface area contributed by atoms with Gasteiger partial charge in [-0.15, -0.1) is 0 Å². The van der Waals surface area contributed by atoms with Crippen LogP contribution in [0.4, 0.5) is 0 Å². The predicted molar refractivity (Wildman–Crippen MR) is 191 cm³/mol. The highest BCUT2D eigenvalue weighted by Crippen LogP contribution is 2.66. The van der Waals surface area contributed by atoms with E-state index < -0.39 is 26.6 Å². The molecule has 3 aromatic rings. The fraction of sp³-hybridized carbons (Fsp3) is 0.590. The van der Waals surface area contributed by atoms with Gasteiger partial charge in [-0.3, -0.25) is 14.5 Å². The second-order valence-electron chi connectivity index (χ2n) is 16.2. The Hall–Kier alpha value is -3.37. The number of rotatable bonds is 8. The minimum Gasteiger partial charge on any atom is -0.497 e. The van der Waals surface area contributed by atoms with Crippen LogP contribution in [-0.2, 0) is 21.4 Å². The van der Waals surface area contributed by atoms with Crippen LogP contribution in [-0.4, -0.2) is 78.7 Å². The first kappa shape index (κ1) is 32.8. The Balaban J connectivity index is 1.27. The quantitative estimate of drug-likeness (QED) is 0.300.